The minimum absolute atomic E-state index is 0.0171. The predicted molar refractivity (Wildman–Crippen MR) is 84.7 cm³/mol. The number of benzene rings is 1. The highest BCUT2D eigenvalue weighted by molar-refractivity contribution is 6.39. The maximum absolute atomic E-state index is 12.1. The number of esters is 1. The standard InChI is InChI=1S/C15H12Cl2N2O4/c1-22-15(21)11-12(10-8(16)3-2-4-9(10)17)19-23-14(11)18-13(20)7-5-6-7/h2-4,7H,5-6H2,1H3,(H,18,20). The van der Waals surface area contributed by atoms with Crippen molar-refractivity contribution >= 4 is 41.0 Å². The number of ether oxygens (including phenoxy) is 1. The fraction of sp³-hybridized carbons (Fsp3) is 0.267. The fourth-order valence-corrected chi connectivity index (χ4v) is 2.70. The third-order valence-electron chi connectivity index (χ3n) is 3.47. The predicted octanol–water partition coefficient (Wildman–Crippen LogP) is 3.78. The molecule has 1 aromatic carbocycles. The number of methoxy groups -OCH3 is 1. The van der Waals surface area contributed by atoms with E-state index in [2.05, 4.69) is 10.5 Å². The van der Waals surface area contributed by atoms with Crippen LogP contribution in [0.25, 0.3) is 11.3 Å². The van der Waals surface area contributed by atoms with Crippen LogP contribution in [-0.4, -0.2) is 24.1 Å². The van der Waals surface area contributed by atoms with E-state index < -0.39 is 5.97 Å². The van der Waals surface area contributed by atoms with E-state index in [9.17, 15) is 9.59 Å². The summed E-state index contributed by atoms with van der Waals surface area (Å²) in [6.45, 7) is 0. The van der Waals surface area contributed by atoms with E-state index in [-0.39, 0.29) is 29.0 Å². The van der Waals surface area contributed by atoms with Gasteiger partial charge in [0.15, 0.2) is 5.56 Å². The van der Waals surface area contributed by atoms with Gasteiger partial charge >= 0.3 is 5.97 Å². The third kappa shape index (κ3) is 3.04. The lowest BCUT2D eigenvalue weighted by Gasteiger charge is -2.06. The zero-order valence-electron chi connectivity index (χ0n) is 12.1. The van der Waals surface area contributed by atoms with Crippen LogP contribution in [0.15, 0.2) is 22.7 Å². The van der Waals surface area contributed by atoms with E-state index in [4.69, 9.17) is 32.5 Å². The zero-order valence-corrected chi connectivity index (χ0v) is 13.6. The Bertz CT molecular complexity index is 764. The van der Waals surface area contributed by atoms with Gasteiger partial charge in [-0.25, -0.2) is 4.79 Å². The molecule has 1 heterocycles. The average Bonchev–Trinajstić information content (AvgIpc) is 3.30. The molecular weight excluding hydrogens is 343 g/mol. The van der Waals surface area contributed by atoms with Gasteiger partial charge in [-0.15, -0.1) is 0 Å². The van der Waals surface area contributed by atoms with Crippen molar-refractivity contribution in [1.29, 1.82) is 0 Å². The van der Waals surface area contributed by atoms with Crippen LogP contribution in [-0.2, 0) is 9.53 Å². The number of amides is 1. The van der Waals surface area contributed by atoms with Crippen LogP contribution in [0.2, 0.25) is 10.0 Å². The van der Waals surface area contributed by atoms with Crippen LogP contribution < -0.4 is 5.32 Å². The highest BCUT2D eigenvalue weighted by atomic mass is 35.5. The minimum atomic E-state index is -0.705. The fourth-order valence-electron chi connectivity index (χ4n) is 2.12. The summed E-state index contributed by atoms with van der Waals surface area (Å²) in [5.74, 6) is -1.05. The van der Waals surface area contributed by atoms with Gasteiger partial charge in [0, 0.05) is 11.5 Å². The molecule has 0 unspecified atom stereocenters. The van der Waals surface area contributed by atoms with Crippen LogP contribution >= 0.6 is 23.2 Å². The molecule has 0 aliphatic heterocycles. The lowest BCUT2D eigenvalue weighted by Crippen LogP contribution is -2.15. The molecule has 1 saturated carbocycles. The lowest BCUT2D eigenvalue weighted by atomic mass is 10.1. The Kier molecular flexibility index (Phi) is 4.28. The number of hydrogen-bond donors (Lipinski definition) is 1. The van der Waals surface area contributed by atoms with E-state index in [0.717, 1.165) is 12.8 Å². The van der Waals surface area contributed by atoms with Gasteiger partial charge in [-0.1, -0.05) is 34.4 Å². The molecule has 3 rings (SSSR count). The first-order valence-electron chi connectivity index (χ1n) is 6.86. The summed E-state index contributed by atoms with van der Waals surface area (Å²) in [5.41, 5.74) is 0.446. The third-order valence-corrected chi connectivity index (χ3v) is 4.10. The molecule has 1 aliphatic carbocycles. The number of aromatic nitrogens is 1. The quantitative estimate of drug-likeness (QED) is 0.844. The van der Waals surface area contributed by atoms with E-state index >= 15 is 0 Å². The van der Waals surface area contributed by atoms with Gasteiger partial charge in [-0.2, -0.15) is 0 Å². The number of halogens is 2. The molecule has 0 saturated heterocycles. The number of anilines is 1. The molecule has 2 aromatic rings. The monoisotopic (exact) mass is 354 g/mol. The van der Waals surface area contributed by atoms with Crippen LogP contribution in [0, 0.1) is 5.92 Å². The Morgan fingerprint density at radius 1 is 1.30 bits per heavy atom. The van der Waals surface area contributed by atoms with Crippen molar-refractivity contribution in [3.05, 3.63) is 33.8 Å². The molecule has 6 nitrogen and oxygen atoms in total. The van der Waals surface area contributed by atoms with Gasteiger partial charge in [-0.05, 0) is 25.0 Å². The summed E-state index contributed by atoms with van der Waals surface area (Å²) in [7, 11) is 1.22. The molecule has 0 radical (unpaired) electrons. The SMILES string of the molecule is COC(=O)c1c(-c2c(Cl)cccc2Cl)noc1NC(=O)C1CC1. The summed E-state index contributed by atoms with van der Waals surface area (Å²) in [6.07, 6.45) is 1.63. The summed E-state index contributed by atoms with van der Waals surface area (Å²) in [5, 5.41) is 7.02. The van der Waals surface area contributed by atoms with Gasteiger partial charge < -0.3 is 9.26 Å². The van der Waals surface area contributed by atoms with Gasteiger partial charge in [0.05, 0.1) is 17.2 Å². The molecule has 1 N–H and O–H groups in total. The topological polar surface area (TPSA) is 81.4 Å². The summed E-state index contributed by atoms with van der Waals surface area (Å²) >= 11 is 12.3. The Morgan fingerprint density at radius 3 is 2.52 bits per heavy atom. The van der Waals surface area contributed by atoms with Crippen LogP contribution in [0.3, 0.4) is 0 Å². The summed E-state index contributed by atoms with van der Waals surface area (Å²) < 4.78 is 9.89. The molecule has 120 valence electrons. The number of nitrogens with one attached hydrogen (secondary N) is 1. The Morgan fingerprint density at radius 2 is 1.96 bits per heavy atom. The first-order valence-corrected chi connectivity index (χ1v) is 7.61. The normalized spacial score (nSPS) is 13.7. The Balaban J connectivity index is 2.08. The average molecular weight is 355 g/mol. The van der Waals surface area contributed by atoms with Crippen LogP contribution in [0.1, 0.15) is 23.2 Å². The maximum atomic E-state index is 12.1. The Labute approximate surface area is 141 Å². The van der Waals surface area contributed by atoms with Crippen molar-refractivity contribution in [2.24, 2.45) is 5.92 Å². The highest BCUT2D eigenvalue weighted by Crippen LogP contribution is 2.39. The molecule has 0 spiro atoms. The van der Waals surface area contributed by atoms with Crippen LogP contribution in [0.4, 0.5) is 5.88 Å². The Hall–Kier alpha value is -2.05. The smallest absolute Gasteiger partial charge is 0.345 e. The minimum Gasteiger partial charge on any atom is -0.465 e. The number of hydrogen-bond acceptors (Lipinski definition) is 5. The van der Waals surface area contributed by atoms with Crippen molar-refractivity contribution in [3.8, 4) is 11.3 Å². The van der Waals surface area contributed by atoms with Crippen molar-refractivity contribution < 1.29 is 18.8 Å². The molecule has 0 bridgehead atoms. The summed E-state index contributed by atoms with van der Waals surface area (Å²) in [6, 6.07) is 4.89. The van der Waals surface area contributed by atoms with E-state index in [1.165, 1.54) is 7.11 Å². The van der Waals surface area contributed by atoms with E-state index in [1.807, 2.05) is 0 Å². The van der Waals surface area contributed by atoms with Gasteiger partial charge in [0.1, 0.15) is 5.69 Å². The zero-order chi connectivity index (χ0) is 16.6. The molecule has 1 fully saturated rings. The summed E-state index contributed by atoms with van der Waals surface area (Å²) in [4.78, 5) is 24.0. The van der Waals surface area contributed by atoms with Crippen LogP contribution in [0.5, 0.6) is 0 Å². The molecule has 1 aromatic heterocycles. The van der Waals surface area contributed by atoms with E-state index in [0.29, 0.717) is 15.6 Å². The first kappa shape index (κ1) is 15.8. The first-order chi connectivity index (χ1) is 11.0. The van der Waals surface area contributed by atoms with Crippen molar-refractivity contribution in [2.75, 3.05) is 12.4 Å². The molecule has 8 heteroatoms. The van der Waals surface area contributed by atoms with Gasteiger partial charge in [0.2, 0.25) is 11.8 Å². The molecule has 1 aliphatic rings. The van der Waals surface area contributed by atoms with E-state index in [1.54, 1.807) is 18.2 Å². The second-order valence-electron chi connectivity index (χ2n) is 5.09. The number of carbonyl (C=O) groups is 2. The van der Waals surface area contributed by atoms with Crippen molar-refractivity contribution in [2.45, 2.75) is 12.8 Å². The van der Waals surface area contributed by atoms with Crippen molar-refractivity contribution in [1.82, 2.24) is 5.16 Å². The number of nitrogens with zero attached hydrogens (tertiary/aromatic N) is 1. The molecule has 23 heavy (non-hydrogen) atoms. The second kappa shape index (κ2) is 6.22. The number of rotatable bonds is 4. The molecule has 0 atom stereocenters. The van der Waals surface area contributed by atoms with Gasteiger partial charge in [0.25, 0.3) is 0 Å². The van der Waals surface area contributed by atoms with Gasteiger partial charge in [-0.3, -0.25) is 10.1 Å². The second-order valence-corrected chi connectivity index (χ2v) is 5.90. The number of carbonyl (C=O) groups excluding carboxylic acids is 2. The highest BCUT2D eigenvalue weighted by Gasteiger charge is 2.33. The largest absolute Gasteiger partial charge is 0.465 e. The lowest BCUT2D eigenvalue weighted by molar-refractivity contribution is -0.117. The maximum Gasteiger partial charge on any atom is 0.345 e. The van der Waals surface area contributed by atoms with Crippen molar-refractivity contribution in [3.63, 3.8) is 0 Å². The molecule has 1 amide bonds. The molecular formula is C15H12Cl2N2O4.